The average Bonchev–Trinajstić information content (AvgIpc) is 3.16. The summed E-state index contributed by atoms with van der Waals surface area (Å²) in [6.07, 6.45) is 2.45. The van der Waals surface area contributed by atoms with Gasteiger partial charge >= 0.3 is 17.9 Å². The lowest BCUT2D eigenvalue weighted by Crippen LogP contribution is -2.34. The molecule has 0 saturated carbocycles. The molecule has 49 heavy (non-hydrogen) atoms. The van der Waals surface area contributed by atoms with Gasteiger partial charge in [-0.15, -0.1) is 0 Å². The summed E-state index contributed by atoms with van der Waals surface area (Å²) in [6, 6.07) is 5.68. The van der Waals surface area contributed by atoms with Crippen LogP contribution in [0.5, 0.6) is 0 Å². The van der Waals surface area contributed by atoms with Gasteiger partial charge in [0, 0.05) is 5.92 Å². The van der Waals surface area contributed by atoms with Gasteiger partial charge in [-0.1, -0.05) is 119 Å². The Morgan fingerprint density at radius 2 is 1.29 bits per heavy atom. The molecule has 1 aromatic rings. The minimum Gasteiger partial charge on any atom is -0.481 e. The van der Waals surface area contributed by atoms with E-state index in [1.807, 2.05) is 39.0 Å². The number of carboxylic acid groups (broad SMARTS) is 1. The van der Waals surface area contributed by atoms with Crippen LogP contribution in [-0.4, -0.2) is 59.8 Å². The van der Waals surface area contributed by atoms with Crippen LogP contribution < -0.4 is 4.90 Å². The number of hydrogen-bond donors (Lipinski definition) is 2. The van der Waals surface area contributed by atoms with Gasteiger partial charge in [-0.3, -0.25) is 24.0 Å². The molecule has 0 spiro atoms. The zero-order valence-electron chi connectivity index (χ0n) is 24.9. The summed E-state index contributed by atoms with van der Waals surface area (Å²) in [6.45, 7) is 8.48. The summed E-state index contributed by atoms with van der Waals surface area (Å²) in [5, 5.41) is 18.7. The molecule has 1 aliphatic heterocycles. The highest BCUT2D eigenvalue weighted by Gasteiger charge is 2.48. The highest BCUT2D eigenvalue weighted by Crippen LogP contribution is 2.39. The van der Waals surface area contributed by atoms with Crippen molar-refractivity contribution in [2.24, 2.45) is 29.6 Å². The van der Waals surface area contributed by atoms with E-state index in [0.29, 0.717) is 24.9 Å². The molecule has 0 radical (unpaired) electrons. The number of imide groups is 1. The Morgan fingerprint density at radius 3 is 1.73 bits per heavy atom. The fourth-order valence-corrected chi connectivity index (χ4v) is 5.35. The first kappa shape index (κ1) is 61.0. The minimum absolute atomic E-state index is 0. The molecule has 1 aliphatic rings. The molecule has 10 heteroatoms. The van der Waals surface area contributed by atoms with Gasteiger partial charge < -0.3 is 19.7 Å². The van der Waals surface area contributed by atoms with Crippen LogP contribution in [-0.2, 0) is 46.3 Å². The first-order valence-electron chi connectivity index (χ1n) is 14.7. The van der Waals surface area contributed by atoms with Crippen molar-refractivity contribution in [3.8, 4) is 0 Å². The van der Waals surface area contributed by atoms with E-state index >= 15 is 0 Å². The number of rotatable bonds is 17. The molecule has 2 N–H and O–H groups in total. The quantitative estimate of drug-likeness (QED) is 0.0921. The number of ether oxygens (including phenoxy) is 2. The fourth-order valence-electron chi connectivity index (χ4n) is 5.35. The molecule has 5 atom stereocenters. The average molecular weight is 704 g/mol. The topological polar surface area (TPSA) is 148 Å². The van der Waals surface area contributed by atoms with Gasteiger partial charge in [0.25, 0.3) is 0 Å². The van der Waals surface area contributed by atoms with Crippen molar-refractivity contribution < 1.29 is 43.7 Å². The molecular formula is C39H77NO9. The lowest BCUT2D eigenvalue weighted by Gasteiger charge is -2.25. The van der Waals surface area contributed by atoms with Crippen LogP contribution in [0.3, 0.4) is 0 Å². The van der Waals surface area contributed by atoms with Crippen molar-refractivity contribution in [3.63, 3.8) is 0 Å². The molecule has 5 unspecified atom stereocenters. The molecule has 0 bridgehead atoms. The molecule has 1 heterocycles. The van der Waals surface area contributed by atoms with Crippen molar-refractivity contribution in [2.75, 3.05) is 24.7 Å². The third kappa shape index (κ3) is 15.9. The number of carbonyl (C=O) groups excluding carboxylic acids is 4. The van der Waals surface area contributed by atoms with E-state index in [9.17, 15) is 34.2 Å². The predicted molar refractivity (Wildman–Crippen MR) is 206 cm³/mol. The molecule has 292 valence electrons. The van der Waals surface area contributed by atoms with Gasteiger partial charge in [0.05, 0.1) is 42.6 Å². The normalized spacial score (nSPS) is 16.0. The van der Waals surface area contributed by atoms with E-state index < -0.39 is 60.0 Å². The SMILES string of the molecule is C.C.C.C.C.C.C.C.CCCCOC(=O)C(CC(C)C(=O)O)CC(CC1C(=O)N(c2c(CC)cccc2CC)C(=O)C1C)C(=O)OCCO. The first-order valence-corrected chi connectivity index (χ1v) is 14.7. The fraction of sp³-hybridized carbons (Fsp3) is 0.718. The lowest BCUT2D eigenvalue weighted by atomic mass is 9.80. The maximum atomic E-state index is 13.8. The summed E-state index contributed by atoms with van der Waals surface area (Å²) in [5.41, 5.74) is 2.33. The number of aliphatic carboxylic acids is 1. The van der Waals surface area contributed by atoms with Crippen LogP contribution in [0.1, 0.15) is 137 Å². The number of carboxylic acids is 1. The van der Waals surface area contributed by atoms with Crippen LogP contribution in [0, 0.1) is 29.6 Å². The summed E-state index contributed by atoms with van der Waals surface area (Å²) in [4.78, 5) is 66.3. The number of aliphatic hydroxyl groups excluding tert-OH is 1. The van der Waals surface area contributed by atoms with E-state index in [4.69, 9.17) is 9.47 Å². The molecule has 2 amide bonds. The Labute approximate surface area is 301 Å². The molecule has 1 aromatic carbocycles. The van der Waals surface area contributed by atoms with Crippen molar-refractivity contribution >= 4 is 35.4 Å². The summed E-state index contributed by atoms with van der Waals surface area (Å²) >= 11 is 0. The third-order valence-corrected chi connectivity index (χ3v) is 7.85. The van der Waals surface area contributed by atoms with E-state index in [1.54, 1.807) is 6.92 Å². The van der Waals surface area contributed by atoms with Gasteiger partial charge in [0.15, 0.2) is 0 Å². The molecule has 2 rings (SSSR count). The highest BCUT2D eigenvalue weighted by atomic mass is 16.5. The maximum absolute atomic E-state index is 13.8. The predicted octanol–water partition coefficient (Wildman–Crippen LogP) is 9.03. The van der Waals surface area contributed by atoms with Crippen LogP contribution in [0.4, 0.5) is 5.69 Å². The molecular weight excluding hydrogens is 626 g/mol. The second kappa shape index (κ2) is 29.6. The minimum atomic E-state index is -1.09. The van der Waals surface area contributed by atoms with Crippen LogP contribution in [0.15, 0.2) is 18.2 Å². The van der Waals surface area contributed by atoms with Crippen molar-refractivity contribution in [3.05, 3.63) is 29.3 Å². The number of amides is 2. The van der Waals surface area contributed by atoms with Crippen LogP contribution in [0.2, 0.25) is 0 Å². The Kier molecular flexibility index (Phi) is 36.9. The standard InChI is InChI=1S/C31H45NO9.8CH4/c1-6-9-14-40-30(38)23(16-19(4)29(36)37)17-24(31(39)41-15-13-33)18-25-20(5)27(34)32(28(25)35)26-21(7-2)11-10-12-22(26)8-3;;;;;;;;/h10-12,19-20,23-25,33H,6-9,13-18H2,1-5H3,(H,36,37);8*1H4. The summed E-state index contributed by atoms with van der Waals surface area (Å²) in [5.74, 6) is -7.57. The largest absolute Gasteiger partial charge is 0.481 e. The monoisotopic (exact) mass is 704 g/mol. The van der Waals surface area contributed by atoms with Gasteiger partial charge in [-0.2, -0.15) is 0 Å². The van der Waals surface area contributed by atoms with Crippen LogP contribution in [0.25, 0.3) is 0 Å². The number of benzene rings is 1. The van der Waals surface area contributed by atoms with Crippen LogP contribution >= 0.6 is 0 Å². The number of unbranched alkanes of at least 4 members (excludes halogenated alkanes) is 1. The van der Waals surface area contributed by atoms with E-state index in [2.05, 4.69) is 0 Å². The maximum Gasteiger partial charge on any atom is 0.309 e. The molecule has 0 aliphatic carbocycles. The second-order valence-corrected chi connectivity index (χ2v) is 10.8. The first-order chi connectivity index (χ1) is 19.5. The number of carbonyl (C=O) groups is 5. The summed E-state index contributed by atoms with van der Waals surface area (Å²) in [7, 11) is 0. The molecule has 0 aromatic heterocycles. The number of anilines is 1. The molecule has 1 saturated heterocycles. The Hall–Kier alpha value is -3.27. The molecule has 10 nitrogen and oxygen atoms in total. The zero-order chi connectivity index (χ0) is 30.7. The molecule has 1 fully saturated rings. The van der Waals surface area contributed by atoms with Crippen molar-refractivity contribution in [1.82, 2.24) is 0 Å². The number of aliphatic hydroxyl groups is 1. The smallest absolute Gasteiger partial charge is 0.309 e. The highest BCUT2D eigenvalue weighted by molar-refractivity contribution is 6.22. The van der Waals surface area contributed by atoms with Gasteiger partial charge in [0.1, 0.15) is 6.61 Å². The van der Waals surface area contributed by atoms with E-state index in [-0.39, 0.29) is 97.8 Å². The van der Waals surface area contributed by atoms with Crippen molar-refractivity contribution in [2.45, 2.75) is 139 Å². The van der Waals surface area contributed by atoms with E-state index in [0.717, 1.165) is 17.5 Å². The number of hydrogen-bond acceptors (Lipinski definition) is 8. The van der Waals surface area contributed by atoms with Gasteiger partial charge in [-0.25, -0.2) is 4.90 Å². The Bertz CT molecular complexity index is 1070. The number of nitrogens with zero attached hydrogens (tertiary/aromatic N) is 1. The van der Waals surface area contributed by atoms with Crippen molar-refractivity contribution in [1.29, 1.82) is 0 Å². The number of aryl methyl sites for hydroxylation is 2. The number of para-hydroxylation sites is 1. The number of esters is 2. The lowest BCUT2D eigenvalue weighted by molar-refractivity contribution is -0.155. The third-order valence-electron chi connectivity index (χ3n) is 7.85. The summed E-state index contributed by atoms with van der Waals surface area (Å²) < 4.78 is 10.6. The Balaban J connectivity index is -0.000000441. The van der Waals surface area contributed by atoms with E-state index in [1.165, 1.54) is 11.8 Å². The van der Waals surface area contributed by atoms with Gasteiger partial charge in [0.2, 0.25) is 11.8 Å². The zero-order valence-corrected chi connectivity index (χ0v) is 24.9. The second-order valence-electron chi connectivity index (χ2n) is 10.8. The van der Waals surface area contributed by atoms with Gasteiger partial charge in [-0.05, 0) is 49.7 Å². The Morgan fingerprint density at radius 1 is 0.796 bits per heavy atom.